The largest absolute Gasteiger partial charge is 0.492 e. The number of ether oxygens (including phenoxy) is 1. The number of hydrogen-bond donors (Lipinski definition) is 2. The minimum Gasteiger partial charge on any atom is -0.492 e. The van der Waals surface area contributed by atoms with Gasteiger partial charge in [0.15, 0.2) is 0 Å². The maximum atomic E-state index is 10.7. The molecule has 1 unspecified atom stereocenters. The van der Waals surface area contributed by atoms with Crippen molar-refractivity contribution < 1.29 is 19.1 Å². The molecule has 0 amide bonds. The molecule has 2 N–H and O–H groups in total. The minimum absolute atomic E-state index is 0.128. The summed E-state index contributed by atoms with van der Waals surface area (Å²) in [6, 6.07) is 10.3. The van der Waals surface area contributed by atoms with Gasteiger partial charge in [0.1, 0.15) is 18.1 Å². The summed E-state index contributed by atoms with van der Waals surface area (Å²) in [5, 5.41) is 12.1. The number of hydrogen-bond acceptors (Lipinski definition) is 4. The molecule has 1 atom stereocenters. The van der Waals surface area contributed by atoms with E-state index in [0.29, 0.717) is 18.9 Å². The maximum absolute atomic E-state index is 10.7. The van der Waals surface area contributed by atoms with Gasteiger partial charge in [0.2, 0.25) is 0 Å². The summed E-state index contributed by atoms with van der Waals surface area (Å²) >= 11 is 0. The molecular formula is C15H17NO4. The van der Waals surface area contributed by atoms with E-state index in [1.165, 1.54) is 12.1 Å². The SMILES string of the molecule is CC(NCCOc1ccc(C(=O)O)cc1)c1ccco1. The number of carboxylic acid groups (broad SMARTS) is 1. The van der Waals surface area contributed by atoms with Crippen LogP contribution in [0.5, 0.6) is 5.75 Å². The highest BCUT2D eigenvalue weighted by Crippen LogP contribution is 2.13. The predicted molar refractivity (Wildman–Crippen MR) is 74.0 cm³/mol. The fraction of sp³-hybridized carbons (Fsp3) is 0.267. The van der Waals surface area contributed by atoms with Crippen molar-refractivity contribution in [2.75, 3.05) is 13.2 Å². The zero-order valence-electron chi connectivity index (χ0n) is 11.2. The van der Waals surface area contributed by atoms with Gasteiger partial charge in [-0.1, -0.05) is 0 Å². The molecule has 2 aromatic rings. The van der Waals surface area contributed by atoms with E-state index < -0.39 is 5.97 Å². The third-order valence-corrected chi connectivity index (χ3v) is 2.89. The van der Waals surface area contributed by atoms with Crippen molar-refractivity contribution in [2.45, 2.75) is 13.0 Å². The van der Waals surface area contributed by atoms with E-state index in [0.717, 1.165) is 5.76 Å². The number of furan rings is 1. The molecule has 0 spiro atoms. The first-order valence-electron chi connectivity index (χ1n) is 6.40. The zero-order valence-corrected chi connectivity index (χ0v) is 11.2. The summed E-state index contributed by atoms with van der Waals surface area (Å²) in [5.41, 5.74) is 0.252. The van der Waals surface area contributed by atoms with Crippen LogP contribution in [-0.2, 0) is 0 Å². The summed E-state index contributed by atoms with van der Waals surface area (Å²) in [7, 11) is 0. The molecule has 0 radical (unpaired) electrons. The Bertz CT molecular complexity index is 534. The highest BCUT2D eigenvalue weighted by atomic mass is 16.5. The second-order valence-electron chi connectivity index (χ2n) is 4.37. The Kier molecular flexibility index (Phi) is 4.79. The topological polar surface area (TPSA) is 71.7 Å². The van der Waals surface area contributed by atoms with Crippen molar-refractivity contribution in [3.05, 3.63) is 54.0 Å². The van der Waals surface area contributed by atoms with Gasteiger partial charge in [-0.3, -0.25) is 0 Å². The van der Waals surface area contributed by atoms with Crippen LogP contribution in [0, 0.1) is 0 Å². The minimum atomic E-state index is -0.939. The Morgan fingerprint density at radius 3 is 2.70 bits per heavy atom. The molecular weight excluding hydrogens is 258 g/mol. The number of rotatable bonds is 7. The lowest BCUT2D eigenvalue weighted by atomic mass is 10.2. The first-order chi connectivity index (χ1) is 9.66. The molecule has 0 saturated carbocycles. The second-order valence-corrected chi connectivity index (χ2v) is 4.37. The molecule has 0 aliphatic carbocycles. The van der Waals surface area contributed by atoms with E-state index in [1.807, 2.05) is 19.1 Å². The van der Waals surface area contributed by atoms with Crippen LogP contribution < -0.4 is 10.1 Å². The van der Waals surface area contributed by atoms with Gasteiger partial charge in [-0.15, -0.1) is 0 Å². The highest BCUT2D eigenvalue weighted by Gasteiger charge is 2.06. The molecule has 1 aromatic heterocycles. The number of aromatic carboxylic acids is 1. The predicted octanol–water partition coefficient (Wildman–Crippen LogP) is 2.71. The molecule has 0 aliphatic heterocycles. The van der Waals surface area contributed by atoms with Gasteiger partial charge in [-0.25, -0.2) is 4.79 Å². The Morgan fingerprint density at radius 2 is 2.10 bits per heavy atom. The average molecular weight is 275 g/mol. The van der Waals surface area contributed by atoms with Crippen LogP contribution in [0.1, 0.15) is 29.1 Å². The van der Waals surface area contributed by atoms with Crippen molar-refractivity contribution in [1.29, 1.82) is 0 Å². The van der Waals surface area contributed by atoms with Crippen LogP contribution in [0.25, 0.3) is 0 Å². The fourth-order valence-corrected chi connectivity index (χ4v) is 1.78. The zero-order chi connectivity index (χ0) is 14.4. The molecule has 20 heavy (non-hydrogen) atoms. The third-order valence-electron chi connectivity index (χ3n) is 2.89. The first kappa shape index (κ1) is 14.1. The Morgan fingerprint density at radius 1 is 1.35 bits per heavy atom. The Balaban J connectivity index is 1.72. The molecule has 0 bridgehead atoms. The van der Waals surface area contributed by atoms with Crippen LogP contribution in [0.15, 0.2) is 47.1 Å². The highest BCUT2D eigenvalue weighted by molar-refractivity contribution is 5.87. The fourth-order valence-electron chi connectivity index (χ4n) is 1.78. The van der Waals surface area contributed by atoms with Crippen LogP contribution in [-0.4, -0.2) is 24.2 Å². The third kappa shape index (κ3) is 3.86. The molecule has 5 nitrogen and oxygen atoms in total. The Labute approximate surface area is 117 Å². The van der Waals surface area contributed by atoms with Gasteiger partial charge >= 0.3 is 5.97 Å². The second kappa shape index (κ2) is 6.77. The van der Waals surface area contributed by atoms with Crippen LogP contribution in [0.2, 0.25) is 0 Å². The monoisotopic (exact) mass is 275 g/mol. The summed E-state index contributed by atoms with van der Waals surface area (Å²) in [4.78, 5) is 10.7. The van der Waals surface area contributed by atoms with E-state index in [9.17, 15) is 4.79 Å². The van der Waals surface area contributed by atoms with E-state index in [2.05, 4.69) is 5.32 Å². The summed E-state index contributed by atoms with van der Waals surface area (Å²) in [6.45, 7) is 3.18. The van der Waals surface area contributed by atoms with Crippen LogP contribution in [0.3, 0.4) is 0 Å². The lowest BCUT2D eigenvalue weighted by molar-refractivity contribution is 0.0697. The van der Waals surface area contributed by atoms with E-state index >= 15 is 0 Å². The lowest BCUT2D eigenvalue weighted by Gasteiger charge is -2.12. The van der Waals surface area contributed by atoms with Crippen molar-refractivity contribution >= 4 is 5.97 Å². The summed E-state index contributed by atoms with van der Waals surface area (Å²) in [6.07, 6.45) is 1.65. The van der Waals surface area contributed by atoms with Gasteiger partial charge in [0.05, 0.1) is 17.9 Å². The van der Waals surface area contributed by atoms with Gasteiger partial charge in [0, 0.05) is 6.54 Å². The standard InChI is InChI=1S/C15H17NO4/c1-11(14-3-2-9-20-14)16-8-10-19-13-6-4-12(5-7-13)15(17)18/h2-7,9,11,16H,8,10H2,1H3,(H,17,18). The lowest BCUT2D eigenvalue weighted by Crippen LogP contribution is -2.24. The van der Waals surface area contributed by atoms with Crippen molar-refractivity contribution in [1.82, 2.24) is 5.32 Å². The quantitative estimate of drug-likeness (QED) is 0.760. The van der Waals surface area contributed by atoms with Crippen molar-refractivity contribution in [2.24, 2.45) is 0 Å². The number of carboxylic acids is 1. The molecule has 2 rings (SSSR count). The molecule has 106 valence electrons. The average Bonchev–Trinajstić information content (AvgIpc) is 2.98. The molecule has 0 aliphatic rings. The van der Waals surface area contributed by atoms with Crippen molar-refractivity contribution in [3.63, 3.8) is 0 Å². The smallest absolute Gasteiger partial charge is 0.335 e. The number of nitrogens with one attached hydrogen (secondary N) is 1. The van der Waals surface area contributed by atoms with E-state index in [-0.39, 0.29) is 11.6 Å². The number of carbonyl (C=O) groups is 1. The van der Waals surface area contributed by atoms with Gasteiger partial charge < -0.3 is 19.6 Å². The maximum Gasteiger partial charge on any atom is 0.335 e. The molecule has 0 fully saturated rings. The molecule has 5 heteroatoms. The molecule has 1 aromatic carbocycles. The van der Waals surface area contributed by atoms with E-state index in [4.69, 9.17) is 14.3 Å². The van der Waals surface area contributed by atoms with Gasteiger partial charge in [-0.05, 0) is 43.3 Å². The van der Waals surface area contributed by atoms with E-state index in [1.54, 1.807) is 18.4 Å². The normalized spacial score (nSPS) is 12.1. The first-order valence-corrected chi connectivity index (χ1v) is 6.40. The van der Waals surface area contributed by atoms with Crippen LogP contribution in [0.4, 0.5) is 0 Å². The van der Waals surface area contributed by atoms with Crippen molar-refractivity contribution in [3.8, 4) is 5.75 Å². The Hall–Kier alpha value is -2.27. The summed E-state index contributed by atoms with van der Waals surface area (Å²) < 4.78 is 10.8. The molecule has 1 heterocycles. The van der Waals surface area contributed by atoms with Gasteiger partial charge in [0.25, 0.3) is 0 Å². The molecule has 0 saturated heterocycles. The van der Waals surface area contributed by atoms with Crippen LogP contribution >= 0.6 is 0 Å². The van der Waals surface area contributed by atoms with Gasteiger partial charge in [-0.2, -0.15) is 0 Å². The number of benzene rings is 1. The summed E-state index contributed by atoms with van der Waals surface area (Å²) in [5.74, 6) is 0.601.